The molecule has 0 spiro atoms. The Hall–Kier alpha value is 0.259. The van der Waals surface area contributed by atoms with Crippen LogP contribution in [0.5, 0.6) is 0 Å². The molecule has 15 heavy (non-hydrogen) atoms. The van der Waals surface area contributed by atoms with E-state index in [1.807, 2.05) is 0 Å². The summed E-state index contributed by atoms with van der Waals surface area (Å²) in [5.41, 5.74) is 9.47. The van der Waals surface area contributed by atoms with Crippen molar-refractivity contribution in [2.45, 2.75) is 0 Å². The number of hydrogen-bond donors (Lipinski definition) is 2. The average Bonchev–Trinajstić information content (AvgIpc) is 1.81. The molecule has 0 saturated carbocycles. The molecule has 8 nitrogen and oxygen atoms in total. The van der Waals surface area contributed by atoms with E-state index in [1.165, 1.54) is 0 Å². The molecule has 0 heterocycles. The van der Waals surface area contributed by atoms with Crippen molar-refractivity contribution in [3.05, 3.63) is 0 Å². The molecular weight excluding hydrogens is 291 g/mol. The fourth-order valence-corrected chi connectivity index (χ4v) is 0.866. The number of nitrogens with two attached hydrogens (primary N) is 2. The van der Waals surface area contributed by atoms with Gasteiger partial charge in [0.1, 0.15) is 0 Å². The average molecular weight is 303 g/mol. The van der Waals surface area contributed by atoms with E-state index in [1.54, 1.807) is 0 Å². The Kier molecular flexibility index (Phi) is 13.1. The van der Waals surface area contributed by atoms with Crippen molar-refractivity contribution in [3.8, 4) is 0 Å². The van der Waals surface area contributed by atoms with Gasteiger partial charge in [0.2, 0.25) is 0 Å². The normalized spacial score (nSPS) is 10.9. The molecule has 4 N–H and O–H groups in total. The van der Waals surface area contributed by atoms with Crippen LogP contribution in [-0.2, 0) is 37.3 Å². The Balaban J connectivity index is -0.000000180. The zero-order valence-electron chi connectivity index (χ0n) is 7.63. The van der Waals surface area contributed by atoms with E-state index in [0.717, 1.165) is 0 Å². The van der Waals surface area contributed by atoms with Crippen LogP contribution in [0.4, 0.5) is 0 Å². The molecule has 0 aliphatic rings. The van der Waals surface area contributed by atoms with Crippen LogP contribution >= 0.6 is 0 Å². The minimum absolute atomic E-state index is 0. The first-order valence-corrected chi connectivity index (χ1v) is 6.55. The van der Waals surface area contributed by atoms with Gasteiger partial charge in [-0.3, -0.25) is 0 Å². The topological polar surface area (TPSA) is 166 Å². The first kappa shape index (κ1) is 20.6. The van der Waals surface area contributed by atoms with Crippen LogP contribution in [0.15, 0.2) is 0 Å². The third-order valence-electron chi connectivity index (χ3n) is 0.736. The Labute approximate surface area is 99.4 Å². The van der Waals surface area contributed by atoms with E-state index in [0.29, 0.717) is 0 Å². The van der Waals surface area contributed by atoms with Gasteiger partial charge in [-0.15, -0.1) is 0 Å². The molecule has 0 aliphatic carbocycles. The van der Waals surface area contributed by atoms with Crippen molar-refractivity contribution < 1.29 is 43.0 Å². The summed E-state index contributed by atoms with van der Waals surface area (Å²) in [4.78, 5) is 0. The maximum Gasteiger partial charge on any atom is 2.00 e. The maximum atomic E-state index is 9.60. The van der Waals surface area contributed by atoms with Crippen LogP contribution in [0.25, 0.3) is 0 Å². The Bertz CT molecular complexity index is 291. The quantitative estimate of drug-likeness (QED) is 0.408. The van der Waals surface area contributed by atoms with Crippen LogP contribution in [0.3, 0.4) is 0 Å². The fourth-order valence-electron chi connectivity index (χ4n) is 0.289. The van der Waals surface area contributed by atoms with Gasteiger partial charge in [0.05, 0.1) is 31.7 Å². The summed E-state index contributed by atoms with van der Waals surface area (Å²) in [5, 5.41) is 0. The Morgan fingerprint density at radius 2 is 1.00 bits per heavy atom. The van der Waals surface area contributed by atoms with Gasteiger partial charge in [0.25, 0.3) is 0 Å². The zero-order valence-corrected chi connectivity index (χ0v) is 10.4. The third-order valence-corrected chi connectivity index (χ3v) is 2.21. The summed E-state index contributed by atoms with van der Waals surface area (Å²) in [6, 6.07) is 0. The third kappa shape index (κ3) is 31.4. The van der Waals surface area contributed by atoms with E-state index < -0.39 is 31.7 Å². The first-order chi connectivity index (χ1) is 6.12. The molecule has 0 unspecified atom stereocenters. The molecule has 0 aromatic heterocycles. The SMILES string of the molecule is NCCS(=O)(=O)[O-].NCCS(=O)(=O)[O-].[Mn+2]. The van der Waals surface area contributed by atoms with Crippen molar-refractivity contribution in [1.29, 1.82) is 0 Å². The summed E-state index contributed by atoms with van der Waals surface area (Å²) in [6.07, 6.45) is 0. The molecule has 0 rings (SSSR count). The second kappa shape index (κ2) is 9.48. The molecular formula is C4H12MnN2O6S2. The van der Waals surface area contributed by atoms with Crippen molar-refractivity contribution in [2.24, 2.45) is 11.5 Å². The summed E-state index contributed by atoms with van der Waals surface area (Å²) in [5.74, 6) is -0.931. The van der Waals surface area contributed by atoms with Gasteiger partial charge in [0, 0.05) is 13.1 Å². The number of rotatable bonds is 4. The molecule has 0 amide bonds. The molecule has 93 valence electrons. The fraction of sp³-hybridized carbons (Fsp3) is 1.00. The largest absolute Gasteiger partial charge is 2.00 e. The van der Waals surface area contributed by atoms with Crippen LogP contribution in [0, 0.1) is 0 Å². The van der Waals surface area contributed by atoms with Gasteiger partial charge in [-0.1, -0.05) is 0 Å². The van der Waals surface area contributed by atoms with E-state index in [-0.39, 0.29) is 30.2 Å². The van der Waals surface area contributed by atoms with Gasteiger partial charge in [-0.25, -0.2) is 16.8 Å². The zero-order chi connectivity index (χ0) is 11.8. The number of hydrogen-bond acceptors (Lipinski definition) is 8. The monoisotopic (exact) mass is 303 g/mol. The van der Waals surface area contributed by atoms with Gasteiger partial charge >= 0.3 is 17.1 Å². The molecule has 1 radical (unpaired) electrons. The minimum atomic E-state index is -4.05. The van der Waals surface area contributed by atoms with Gasteiger partial charge in [-0.05, 0) is 0 Å². The Morgan fingerprint density at radius 1 is 0.800 bits per heavy atom. The molecule has 0 aromatic rings. The molecule has 0 aliphatic heterocycles. The molecule has 0 saturated heterocycles. The van der Waals surface area contributed by atoms with Gasteiger partial charge in [-0.2, -0.15) is 0 Å². The van der Waals surface area contributed by atoms with Crippen LogP contribution in [0.1, 0.15) is 0 Å². The molecule has 0 atom stereocenters. The molecule has 11 heteroatoms. The van der Waals surface area contributed by atoms with Gasteiger partial charge in [0.15, 0.2) is 0 Å². The molecule has 0 fully saturated rings. The molecule has 0 aromatic carbocycles. The summed E-state index contributed by atoms with van der Waals surface area (Å²) in [7, 11) is -8.10. The molecule has 0 bridgehead atoms. The van der Waals surface area contributed by atoms with Crippen LogP contribution < -0.4 is 11.5 Å². The second-order valence-electron chi connectivity index (χ2n) is 2.10. The maximum absolute atomic E-state index is 9.60. The summed E-state index contributed by atoms with van der Waals surface area (Å²) >= 11 is 0. The predicted octanol–water partition coefficient (Wildman–Crippen LogP) is -3.02. The summed E-state index contributed by atoms with van der Waals surface area (Å²) in [6.45, 7) is -0.183. The smallest absolute Gasteiger partial charge is 0.748 e. The minimum Gasteiger partial charge on any atom is -0.748 e. The van der Waals surface area contributed by atoms with Crippen molar-refractivity contribution >= 4 is 20.2 Å². The van der Waals surface area contributed by atoms with E-state index in [9.17, 15) is 25.9 Å². The van der Waals surface area contributed by atoms with Crippen molar-refractivity contribution in [2.75, 3.05) is 24.6 Å². The van der Waals surface area contributed by atoms with Gasteiger partial charge < -0.3 is 20.6 Å². The second-order valence-corrected chi connectivity index (χ2v) is 5.15. The van der Waals surface area contributed by atoms with E-state index >= 15 is 0 Å². The van der Waals surface area contributed by atoms with Crippen molar-refractivity contribution in [3.63, 3.8) is 0 Å². The first-order valence-electron chi connectivity index (χ1n) is 3.39. The van der Waals surface area contributed by atoms with Crippen molar-refractivity contribution in [1.82, 2.24) is 0 Å². The Morgan fingerprint density at radius 3 is 1.00 bits per heavy atom. The van der Waals surface area contributed by atoms with Crippen LogP contribution in [0.2, 0.25) is 0 Å². The van der Waals surface area contributed by atoms with Crippen LogP contribution in [-0.4, -0.2) is 50.5 Å². The summed E-state index contributed by atoms with van der Waals surface area (Å²) < 4.78 is 57.6. The van der Waals surface area contributed by atoms with E-state index in [2.05, 4.69) is 0 Å². The van der Waals surface area contributed by atoms with E-state index in [4.69, 9.17) is 11.5 Å². The predicted molar refractivity (Wildman–Crippen MR) is 47.2 cm³/mol. The standard InChI is InChI=1S/2C2H7NO3S.Mn/c2*3-1-2-7(4,5)6;/h2*1-3H2,(H,4,5,6);/q;;+2/p-2.